The van der Waals surface area contributed by atoms with Crippen LogP contribution in [-0.4, -0.2) is 34.2 Å². The second-order valence-corrected chi connectivity index (χ2v) is 8.91. The highest BCUT2D eigenvalue weighted by Crippen LogP contribution is 2.19. The summed E-state index contributed by atoms with van der Waals surface area (Å²) in [7, 11) is 0. The number of hydrogen-bond acceptors (Lipinski definition) is 6. The lowest BCUT2D eigenvalue weighted by molar-refractivity contribution is -0.118. The number of carbonyl (C=O) groups is 3. The van der Waals surface area contributed by atoms with Crippen LogP contribution in [0.4, 0.5) is 10.5 Å². The molecule has 8 heteroatoms. The predicted octanol–water partition coefficient (Wildman–Crippen LogP) is 4.24. The van der Waals surface area contributed by atoms with Gasteiger partial charge in [-0.15, -0.1) is 0 Å². The Kier molecular flexibility index (Phi) is 7.38. The van der Waals surface area contributed by atoms with E-state index in [1.54, 1.807) is 71.9 Å². The van der Waals surface area contributed by atoms with Crippen LogP contribution in [0.5, 0.6) is 0 Å². The highest BCUT2D eigenvalue weighted by molar-refractivity contribution is 5.98. The van der Waals surface area contributed by atoms with Gasteiger partial charge in [0.05, 0.1) is 0 Å². The molecule has 1 aromatic heterocycles. The van der Waals surface area contributed by atoms with Crippen LogP contribution in [0, 0.1) is 0 Å². The summed E-state index contributed by atoms with van der Waals surface area (Å²) >= 11 is 0. The number of benzene rings is 1. The van der Waals surface area contributed by atoms with Crippen molar-refractivity contribution < 1.29 is 23.9 Å². The number of nitrogens with zero attached hydrogens (tertiary/aromatic N) is 1. The summed E-state index contributed by atoms with van der Waals surface area (Å²) in [6.45, 7) is 10.5. The van der Waals surface area contributed by atoms with Gasteiger partial charge in [0.2, 0.25) is 0 Å². The van der Waals surface area contributed by atoms with Gasteiger partial charge >= 0.3 is 12.1 Å². The number of pyridine rings is 1. The first kappa shape index (κ1) is 23.9. The highest BCUT2D eigenvalue weighted by Gasteiger charge is 2.26. The molecule has 0 spiro atoms. The van der Waals surface area contributed by atoms with Crippen molar-refractivity contribution in [3.05, 3.63) is 59.9 Å². The quantitative estimate of drug-likeness (QED) is 0.691. The summed E-state index contributed by atoms with van der Waals surface area (Å²) in [4.78, 5) is 41.6. The van der Waals surface area contributed by atoms with Crippen LogP contribution in [0.1, 0.15) is 63.6 Å². The van der Waals surface area contributed by atoms with Gasteiger partial charge in [0, 0.05) is 11.9 Å². The van der Waals surface area contributed by atoms with E-state index in [1.807, 2.05) is 6.07 Å². The molecule has 0 aliphatic heterocycles. The third-order valence-electron chi connectivity index (χ3n) is 3.69. The normalized spacial score (nSPS) is 12.5. The summed E-state index contributed by atoms with van der Waals surface area (Å²) in [5.41, 5.74) is -0.410. The first-order chi connectivity index (χ1) is 14.3. The van der Waals surface area contributed by atoms with Gasteiger partial charge in [0.1, 0.15) is 22.9 Å². The smallest absolute Gasteiger partial charge is 0.408 e. The maximum atomic E-state index is 13.0. The fourth-order valence-electron chi connectivity index (χ4n) is 2.54. The van der Waals surface area contributed by atoms with E-state index in [4.69, 9.17) is 9.47 Å². The number of alkyl carbamates (subject to hydrolysis) is 1. The van der Waals surface area contributed by atoms with Crippen molar-refractivity contribution in [2.24, 2.45) is 0 Å². The lowest BCUT2D eigenvalue weighted by Crippen LogP contribution is -2.40. The second-order valence-electron chi connectivity index (χ2n) is 8.91. The lowest BCUT2D eigenvalue weighted by atomic mass is 10.1. The Morgan fingerprint density at radius 1 is 0.903 bits per heavy atom. The molecule has 8 nitrogen and oxygen atoms in total. The van der Waals surface area contributed by atoms with Crippen molar-refractivity contribution in [1.82, 2.24) is 10.3 Å². The van der Waals surface area contributed by atoms with Crippen molar-refractivity contribution in [3.8, 4) is 0 Å². The summed E-state index contributed by atoms with van der Waals surface area (Å²) in [5.74, 6) is -1.10. The molecule has 0 bridgehead atoms. The Morgan fingerprint density at radius 3 is 2.10 bits per heavy atom. The zero-order valence-electron chi connectivity index (χ0n) is 18.7. The number of amides is 2. The van der Waals surface area contributed by atoms with Crippen molar-refractivity contribution in [1.29, 1.82) is 0 Å². The van der Waals surface area contributed by atoms with Gasteiger partial charge < -0.3 is 20.1 Å². The van der Waals surface area contributed by atoms with Gasteiger partial charge in [-0.1, -0.05) is 30.3 Å². The molecule has 0 aliphatic carbocycles. The molecule has 2 amide bonds. The SMILES string of the molecule is CC(C)(C)OC(=O)NC(C(=O)Nc1ccnc(C(=O)OC(C)(C)C)c1)c1ccccc1. The minimum atomic E-state index is -1.01. The van der Waals surface area contributed by atoms with Crippen molar-refractivity contribution in [3.63, 3.8) is 0 Å². The molecule has 0 saturated carbocycles. The molecule has 2 rings (SSSR count). The van der Waals surface area contributed by atoms with Crippen LogP contribution in [0.25, 0.3) is 0 Å². The molecule has 2 N–H and O–H groups in total. The third-order valence-corrected chi connectivity index (χ3v) is 3.69. The average molecular weight is 428 g/mol. The second kappa shape index (κ2) is 9.59. The maximum absolute atomic E-state index is 13.0. The van der Waals surface area contributed by atoms with Crippen LogP contribution in [-0.2, 0) is 14.3 Å². The van der Waals surface area contributed by atoms with Gasteiger partial charge in [0.15, 0.2) is 0 Å². The van der Waals surface area contributed by atoms with Crippen molar-refractivity contribution in [2.75, 3.05) is 5.32 Å². The van der Waals surface area contributed by atoms with Crippen LogP contribution >= 0.6 is 0 Å². The zero-order chi connectivity index (χ0) is 23.2. The van der Waals surface area contributed by atoms with E-state index in [0.29, 0.717) is 11.3 Å². The average Bonchev–Trinajstić information content (AvgIpc) is 2.64. The van der Waals surface area contributed by atoms with Gasteiger partial charge in [-0.25, -0.2) is 14.6 Å². The Balaban J connectivity index is 2.21. The van der Waals surface area contributed by atoms with Crippen LogP contribution in [0.2, 0.25) is 0 Å². The fourth-order valence-corrected chi connectivity index (χ4v) is 2.54. The molecule has 0 radical (unpaired) electrons. The molecule has 0 aliphatic rings. The van der Waals surface area contributed by atoms with Crippen LogP contribution in [0.3, 0.4) is 0 Å². The first-order valence-electron chi connectivity index (χ1n) is 9.89. The Labute approximate surface area is 182 Å². The molecular formula is C23H29N3O5. The molecule has 166 valence electrons. The van der Waals surface area contributed by atoms with Crippen LogP contribution in [0.15, 0.2) is 48.7 Å². The minimum absolute atomic E-state index is 0.0593. The molecule has 0 saturated heterocycles. The summed E-state index contributed by atoms with van der Waals surface area (Å²) in [6.07, 6.45) is 0.675. The van der Waals surface area contributed by atoms with Crippen molar-refractivity contribution in [2.45, 2.75) is 58.8 Å². The molecular weight excluding hydrogens is 398 g/mol. The van der Waals surface area contributed by atoms with E-state index in [2.05, 4.69) is 15.6 Å². The molecule has 31 heavy (non-hydrogen) atoms. The van der Waals surface area contributed by atoms with E-state index >= 15 is 0 Å². The summed E-state index contributed by atoms with van der Waals surface area (Å²) in [5, 5.41) is 5.31. The monoisotopic (exact) mass is 427 g/mol. The predicted molar refractivity (Wildman–Crippen MR) is 117 cm³/mol. The largest absolute Gasteiger partial charge is 0.455 e. The molecule has 1 unspecified atom stereocenters. The van der Waals surface area contributed by atoms with Gasteiger partial charge in [-0.2, -0.15) is 0 Å². The number of aromatic nitrogens is 1. The fraction of sp³-hybridized carbons (Fsp3) is 0.391. The van der Waals surface area contributed by atoms with Crippen LogP contribution < -0.4 is 10.6 Å². The topological polar surface area (TPSA) is 107 Å². The Hall–Kier alpha value is -3.42. The van der Waals surface area contributed by atoms with E-state index < -0.39 is 35.2 Å². The zero-order valence-corrected chi connectivity index (χ0v) is 18.7. The van der Waals surface area contributed by atoms with E-state index in [1.165, 1.54) is 12.3 Å². The lowest BCUT2D eigenvalue weighted by Gasteiger charge is -2.23. The number of rotatable bonds is 5. The Bertz CT molecular complexity index is 930. The van der Waals surface area contributed by atoms with E-state index in [9.17, 15) is 14.4 Å². The minimum Gasteiger partial charge on any atom is -0.455 e. The molecule has 0 fully saturated rings. The number of ether oxygens (including phenoxy) is 2. The van der Waals surface area contributed by atoms with E-state index in [-0.39, 0.29) is 5.69 Å². The number of esters is 1. The highest BCUT2D eigenvalue weighted by atomic mass is 16.6. The third kappa shape index (κ3) is 8.08. The van der Waals surface area contributed by atoms with Gasteiger partial charge in [0.25, 0.3) is 5.91 Å². The first-order valence-corrected chi connectivity index (χ1v) is 9.89. The maximum Gasteiger partial charge on any atom is 0.408 e. The standard InChI is InChI=1S/C23H29N3O5/c1-22(2,3)30-20(28)17-14-16(12-13-24-17)25-19(27)18(15-10-8-7-9-11-15)26-21(29)31-23(4,5)6/h7-14,18H,1-6H3,(H,26,29)(H,24,25,27). The summed E-state index contributed by atoms with van der Waals surface area (Å²) < 4.78 is 10.6. The van der Waals surface area contributed by atoms with Gasteiger partial charge in [-0.3, -0.25) is 4.79 Å². The molecule has 1 aromatic carbocycles. The molecule has 1 atom stereocenters. The number of carbonyl (C=O) groups excluding carboxylic acids is 3. The van der Waals surface area contributed by atoms with E-state index in [0.717, 1.165) is 0 Å². The number of anilines is 1. The van der Waals surface area contributed by atoms with Gasteiger partial charge in [-0.05, 0) is 59.2 Å². The molecule has 2 aromatic rings. The summed E-state index contributed by atoms with van der Waals surface area (Å²) in [6, 6.07) is 10.7. The number of hydrogen-bond donors (Lipinski definition) is 2. The number of nitrogens with one attached hydrogen (secondary N) is 2. The van der Waals surface area contributed by atoms with Crippen molar-refractivity contribution >= 4 is 23.7 Å². The molecule has 1 heterocycles. The Morgan fingerprint density at radius 2 is 1.52 bits per heavy atom.